The zero-order valence-electron chi connectivity index (χ0n) is 12.7. The van der Waals surface area contributed by atoms with Crippen molar-refractivity contribution in [3.05, 3.63) is 64.0 Å². The van der Waals surface area contributed by atoms with Crippen molar-refractivity contribution >= 4 is 17.6 Å². The summed E-state index contributed by atoms with van der Waals surface area (Å²) in [5, 5.41) is 25.6. The van der Waals surface area contributed by atoms with Crippen molar-refractivity contribution in [2.24, 2.45) is 10.1 Å². The first-order valence-electron chi connectivity index (χ1n) is 7.04. The van der Waals surface area contributed by atoms with E-state index in [-0.39, 0.29) is 17.3 Å². The number of hydrogen-bond donors (Lipinski definition) is 2. The molecule has 0 radical (unpaired) electrons. The molecule has 0 spiro atoms. The summed E-state index contributed by atoms with van der Waals surface area (Å²) < 4.78 is 15.3. The summed E-state index contributed by atoms with van der Waals surface area (Å²) in [5.74, 6) is -0.486. The smallest absolute Gasteiger partial charge is 0.205 e. The van der Waals surface area contributed by atoms with Gasteiger partial charge in [0.1, 0.15) is 17.3 Å². The van der Waals surface area contributed by atoms with Crippen LogP contribution in [0.25, 0.3) is 11.3 Å². The van der Waals surface area contributed by atoms with E-state index in [9.17, 15) is 14.6 Å². The van der Waals surface area contributed by atoms with E-state index in [1.54, 1.807) is 36.7 Å². The Kier molecular flexibility index (Phi) is 4.43. The second kappa shape index (κ2) is 6.67. The fraction of sp³-hybridized carbons (Fsp3) is 0.0588. The van der Waals surface area contributed by atoms with Gasteiger partial charge in [-0.25, -0.2) is 9.07 Å². The first-order valence-corrected chi connectivity index (χ1v) is 7.92. The quantitative estimate of drug-likeness (QED) is 0.717. The monoisotopic (exact) mass is 343 g/mol. The van der Waals surface area contributed by atoms with E-state index in [0.717, 1.165) is 0 Å². The Morgan fingerprint density at radius 2 is 1.96 bits per heavy atom. The molecule has 0 aliphatic heterocycles. The lowest BCUT2D eigenvalue weighted by Crippen LogP contribution is -2.11. The first-order chi connectivity index (χ1) is 11.6. The zero-order valence-corrected chi connectivity index (χ0v) is 13.5. The van der Waals surface area contributed by atoms with Crippen LogP contribution in [-0.4, -0.2) is 28.2 Å². The first kappa shape index (κ1) is 15.9. The second-order valence-electron chi connectivity index (χ2n) is 4.91. The highest BCUT2D eigenvalue weighted by atomic mass is 32.1. The summed E-state index contributed by atoms with van der Waals surface area (Å²) in [6.45, 7) is 0. The number of rotatable bonds is 3. The Bertz CT molecular complexity index is 976. The highest BCUT2D eigenvalue weighted by Crippen LogP contribution is 2.32. The summed E-state index contributed by atoms with van der Waals surface area (Å²) >= 11 is 1.34. The number of thiazole rings is 1. The number of hydrogen-bond acceptors (Lipinski definition) is 5. The molecule has 0 aliphatic rings. The zero-order chi connectivity index (χ0) is 17.1. The van der Waals surface area contributed by atoms with Crippen LogP contribution >= 0.6 is 11.3 Å². The van der Waals surface area contributed by atoms with Gasteiger partial charge in [0.2, 0.25) is 4.80 Å². The fourth-order valence-corrected chi connectivity index (χ4v) is 2.98. The van der Waals surface area contributed by atoms with Crippen LogP contribution in [0.5, 0.6) is 11.5 Å². The minimum absolute atomic E-state index is 0.0340. The van der Waals surface area contributed by atoms with Crippen LogP contribution in [0, 0.1) is 5.82 Å². The van der Waals surface area contributed by atoms with Crippen LogP contribution in [-0.2, 0) is 0 Å². The molecule has 0 fully saturated rings. The SMILES string of the molecule is CN=c1scc(-c2ccc(O)cc2O)n1/N=C/c1ccccc1F. The Morgan fingerprint density at radius 3 is 2.67 bits per heavy atom. The van der Waals surface area contributed by atoms with E-state index >= 15 is 0 Å². The van der Waals surface area contributed by atoms with Crippen molar-refractivity contribution in [1.82, 2.24) is 4.68 Å². The maximum atomic E-state index is 13.7. The Labute approximate surface area is 141 Å². The number of halogens is 1. The minimum atomic E-state index is -0.374. The van der Waals surface area contributed by atoms with Crippen LogP contribution < -0.4 is 4.80 Å². The molecule has 122 valence electrons. The second-order valence-corrected chi connectivity index (χ2v) is 5.74. The fourth-order valence-electron chi connectivity index (χ4n) is 2.18. The molecular weight excluding hydrogens is 329 g/mol. The molecule has 0 aliphatic carbocycles. The number of phenolic OH excluding ortho intramolecular Hbond substituents is 2. The molecule has 0 amide bonds. The number of benzene rings is 2. The highest BCUT2D eigenvalue weighted by molar-refractivity contribution is 7.07. The maximum Gasteiger partial charge on any atom is 0.205 e. The summed E-state index contributed by atoms with van der Waals surface area (Å²) in [5.41, 5.74) is 1.43. The molecule has 2 N–H and O–H groups in total. The topological polar surface area (TPSA) is 70.1 Å². The van der Waals surface area contributed by atoms with Gasteiger partial charge in [-0.2, -0.15) is 5.10 Å². The molecule has 1 aromatic heterocycles. The molecule has 3 aromatic rings. The third kappa shape index (κ3) is 3.07. The molecule has 0 unspecified atom stereocenters. The molecule has 7 heteroatoms. The molecule has 24 heavy (non-hydrogen) atoms. The molecule has 0 saturated carbocycles. The normalized spacial score (nSPS) is 12.2. The van der Waals surface area contributed by atoms with E-state index in [1.807, 2.05) is 0 Å². The maximum absolute atomic E-state index is 13.7. The van der Waals surface area contributed by atoms with Gasteiger partial charge in [-0.3, -0.25) is 4.99 Å². The lowest BCUT2D eigenvalue weighted by Gasteiger charge is -2.06. The predicted octanol–water partition coefficient (Wildman–Crippen LogP) is 3.18. The van der Waals surface area contributed by atoms with Gasteiger partial charge in [0.15, 0.2) is 0 Å². The van der Waals surface area contributed by atoms with E-state index in [1.165, 1.54) is 40.4 Å². The van der Waals surface area contributed by atoms with E-state index in [2.05, 4.69) is 10.1 Å². The van der Waals surface area contributed by atoms with E-state index in [0.29, 0.717) is 21.6 Å². The van der Waals surface area contributed by atoms with Crippen LogP contribution in [0.15, 0.2) is 57.9 Å². The molecule has 3 rings (SSSR count). The summed E-state index contributed by atoms with van der Waals surface area (Å²) in [4.78, 5) is 4.73. The molecule has 0 saturated heterocycles. The van der Waals surface area contributed by atoms with Gasteiger partial charge in [-0.1, -0.05) is 18.2 Å². The van der Waals surface area contributed by atoms with Crippen molar-refractivity contribution in [1.29, 1.82) is 0 Å². The molecule has 5 nitrogen and oxygen atoms in total. The predicted molar refractivity (Wildman–Crippen MR) is 92.0 cm³/mol. The number of aromatic hydroxyl groups is 2. The highest BCUT2D eigenvalue weighted by Gasteiger charge is 2.12. The molecule has 0 atom stereocenters. The van der Waals surface area contributed by atoms with Crippen molar-refractivity contribution < 1.29 is 14.6 Å². The van der Waals surface area contributed by atoms with Gasteiger partial charge >= 0.3 is 0 Å². The summed E-state index contributed by atoms with van der Waals surface area (Å²) in [6, 6.07) is 10.6. The van der Waals surface area contributed by atoms with Crippen molar-refractivity contribution in [2.75, 3.05) is 7.05 Å². The minimum Gasteiger partial charge on any atom is -0.508 e. The Balaban J connectivity index is 2.11. The number of nitrogens with zero attached hydrogens (tertiary/aromatic N) is 3. The average molecular weight is 343 g/mol. The van der Waals surface area contributed by atoms with Crippen molar-refractivity contribution in [2.45, 2.75) is 0 Å². The summed E-state index contributed by atoms with van der Waals surface area (Å²) in [7, 11) is 1.63. The molecule has 2 aromatic carbocycles. The van der Waals surface area contributed by atoms with Crippen LogP contribution in [0.4, 0.5) is 4.39 Å². The third-order valence-electron chi connectivity index (χ3n) is 3.35. The Morgan fingerprint density at radius 1 is 1.17 bits per heavy atom. The standard InChI is InChI=1S/C17H14FN3O2S/c1-19-17-21(20-9-11-4-2-3-5-14(11)18)15(10-24-17)13-7-6-12(22)8-16(13)23/h2-10,22-23H,1H3/b19-17?,20-9+. The number of aromatic nitrogens is 1. The molecular formula is C17H14FN3O2S. The number of phenols is 2. The Hall–Kier alpha value is -2.93. The molecule has 1 heterocycles. The third-order valence-corrected chi connectivity index (χ3v) is 4.26. The lowest BCUT2D eigenvalue weighted by atomic mass is 10.1. The molecule has 0 bridgehead atoms. The largest absolute Gasteiger partial charge is 0.508 e. The van der Waals surface area contributed by atoms with E-state index in [4.69, 9.17) is 0 Å². The van der Waals surface area contributed by atoms with Gasteiger partial charge in [0.25, 0.3) is 0 Å². The van der Waals surface area contributed by atoms with Gasteiger partial charge in [-0.15, -0.1) is 11.3 Å². The average Bonchev–Trinajstić information content (AvgIpc) is 2.97. The van der Waals surface area contributed by atoms with Gasteiger partial charge in [0, 0.05) is 29.6 Å². The van der Waals surface area contributed by atoms with Gasteiger partial charge < -0.3 is 10.2 Å². The van der Waals surface area contributed by atoms with Gasteiger partial charge in [0.05, 0.1) is 11.9 Å². The van der Waals surface area contributed by atoms with Crippen LogP contribution in [0.3, 0.4) is 0 Å². The van der Waals surface area contributed by atoms with Gasteiger partial charge in [-0.05, 0) is 18.2 Å². The van der Waals surface area contributed by atoms with E-state index < -0.39 is 0 Å². The van der Waals surface area contributed by atoms with Crippen LogP contribution in [0.1, 0.15) is 5.56 Å². The van der Waals surface area contributed by atoms with Crippen LogP contribution in [0.2, 0.25) is 0 Å². The van der Waals surface area contributed by atoms with Crippen molar-refractivity contribution in [3.63, 3.8) is 0 Å². The van der Waals surface area contributed by atoms with Crippen molar-refractivity contribution in [3.8, 4) is 22.8 Å². The lowest BCUT2D eigenvalue weighted by molar-refractivity contribution is 0.451. The summed E-state index contributed by atoms with van der Waals surface area (Å²) in [6.07, 6.45) is 1.40.